The van der Waals surface area contributed by atoms with E-state index < -0.39 is 0 Å². The van der Waals surface area contributed by atoms with Gasteiger partial charge in [0.15, 0.2) is 5.17 Å². The Morgan fingerprint density at radius 1 is 1.35 bits per heavy atom. The van der Waals surface area contributed by atoms with Gasteiger partial charge in [0.25, 0.3) is 0 Å². The summed E-state index contributed by atoms with van der Waals surface area (Å²) in [7, 11) is 0. The van der Waals surface area contributed by atoms with E-state index in [1.807, 2.05) is 0 Å². The molecule has 17 heavy (non-hydrogen) atoms. The van der Waals surface area contributed by atoms with Crippen molar-refractivity contribution in [1.29, 1.82) is 0 Å². The number of hydrogen-bond acceptors (Lipinski definition) is 3. The van der Waals surface area contributed by atoms with Crippen LogP contribution in [-0.2, 0) is 0 Å². The number of rotatable bonds is 1. The molecule has 0 saturated carbocycles. The molecule has 0 aliphatic carbocycles. The predicted molar refractivity (Wildman–Crippen MR) is 80.7 cm³/mol. The van der Waals surface area contributed by atoms with Crippen molar-refractivity contribution in [1.82, 2.24) is 4.90 Å². The Labute approximate surface area is 117 Å². The number of aliphatic imine (C=N–C) groups is 1. The second kappa shape index (κ2) is 5.27. The van der Waals surface area contributed by atoms with E-state index in [-0.39, 0.29) is 17.0 Å². The van der Waals surface area contributed by atoms with Crippen LogP contribution < -0.4 is 0 Å². The van der Waals surface area contributed by atoms with Crippen LogP contribution in [0.25, 0.3) is 5.70 Å². The number of nitrogens with zero attached hydrogens (tertiary/aromatic N) is 2. The maximum absolute atomic E-state index is 4.54. The number of aryl methyl sites for hydroxylation is 1. The minimum atomic E-state index is 0. The molecule has 0 bridgehead atoms. The molecule has 4 heteroatoms. The van der Waals surface area contributed by atoms with Gasteiger partial charge in [0, 0.05) is 18.5 Å². The Balaban J connectivity index is 0.00000108. The fraction of sp³-hybridized carbons (Fsp3) is 0.308. The quantitative estimate of drug-likeness (QED) is 0.786. The van der Waals surface area contributed by atoms with Gasteiger partial charge in [0.1, 0.15) is 0 Å². The van der Waals surface area contributed by atoms with E-state index in [0.717, 1.165) is 19.5 Å². The first kappa shape index (κ1) is 12.7. The van der Waals surface area contributed by atoms with Crippen LogP contribution in [0.2, 0.25) is 0 Å². The smallest absolute Gasteiger partial charge is 0.168 e. The number of hydrogen-bond donors (Lipinski definition) is 0. The standard InChI is InChI=1S/C13H14N2S.BrH/c1-10-4-2-5-11(8-10)12-9-16-13-14-6-3-7-15(12)13;/h2,4-5,8-9H,3,6-7H2,1H3;1H. The second-order valence-electron chi connectivity index (χ2n) is 4.16. The average molecular weight is 311 g/mol. The van der Waals surface area contributed by atoms with Crippen LogP contribution in [0.5, 0.6) is 0 Å². The second-order valence-corrected chi connectivity index (χ2v) is 5.00. The molecule has 0 amide bonds. The van der Waals surface area contributed by atoms with Gasteiger partial charge in [-0.3, -0.25) is 4.99 Å². The van der Waals surface area contributed by atoms with Crippen molar-refractivity contribution in [2.24, 2.45) is 4.99 Å². The molecule has 0 radical (unpaired) electrons. The largest absolute Gasteiger partial charge is 0.320 e. The third-order valence-corrected chi connectivity index (χ3v) is 3.80. The van der Waals surface area contributed by atoms with E-state index in [1.54, 1.807) is 11.8 Å². The molecule has 0 aromatic heterocycles. The van der Waals surface area contributed by atoms with Crippen molar-refractivity contribution in [3.63, 3.8) is 0 Å². The SMILES string of the molecule is Br.Cc1cccc(C2=CSC3=NCCCN23)c1. The predicted octanol–water partition coefficient (Wildman–Crippen LogP) is 3.68. The Bertz CT molecular complexity index is 482. The Hall–Kier alpha value is -0.740. The summed E-state index contributed by atoms with van der Waals surface area (Å²) >= 11 is 1.75. The van der Waals surface area contributed by atoms with E-state index in [2.05, 4.69) is 46.5 Å². The third kappa shape index (κ3) is 2.43. The molecule has 0 spiro atoms. The van der Waals surface area contributed by atoms with Gasteiger partial charge < -0.3 is 4.90 Å². The van der Waals surface area contributed by atoms with Crippen molar-refractivity contribution >= 4 is 39.6 Å². The molecule has 2 nitrogen and oxygen atoms in total. The summed E-state index contributed by atoms with van der Waals surface area (Å²) in [4.78, 5) is 6.88. The normalized spacial score (nSPS) is 18.1. The molecule has 0 unspecified atom stereocenters. The Morgan fingerprint density at radius 3 is 3.06 bits per heavy atom. The van der Waals surface area contributed by atoms with Gasteiger partial charge in [-0.2, -0.15) is 0 Å². The highest BCUT2D eigenvalue weighted by Gasteiger charge is 2.25. The molecule has 2 aliphatic heterocycles. The van der Waals surface area contributed by atoms with Gasteiger partial charge in [-0.1, -0.05) is 35.5 Å². The van der Waals surface area contributed by atoms with Crippen molar-refractivity contribution in [3.8, 4) is 0 Å². The van der Waals surface area contributed by atoms with Gasteiger partial charge in [-0.15, -0.1) is 17.0 Å². The molecule has 0 N–H and O–H groups in total. The highest BCUT2D eigenvalue weighted by Crippen LogP contribution is 2.34. The van der Waals surface area contributed by atoms with Gasteiger partial charge in [-0.25, -0.2) is 0 Å². The van der Waals surface area contributed by atoms with Crippen molar-refractivity contribution in [2.45, 2.75) is 13.3 Å². The number of amidine groups is 1. The first-order valence-electron chi connectivity index (χ1n) is 5.60. The van der Waals surface area contributed by atoms with E-state index in [1.165, 1.54) is 22.0 Å². The summed E-state index contributed by atoms with van der Waals surface area (Å²) in [5.74, 6) is 0. The Morgan fingerprint density at radius 2 is 2.24 bits per heavy atom. The molecule has 1 aromatic rings. The fourth-order valence-electron chi connectivity index (χ4n) is 2.11. The summed E-state index contributed by atoms with van der Waals surface area (Å²) in [5.41, 5.74) is 3.93. The zero-order chi connectivity index (χ0) is 11.0. The zero-order valence-electron chi connectivity index (χ0n) is 9.72. The number of halogens is 1. The van der Waals surface area contributed by atoms with Crippen molar-refractivity contribution in [2.75, 3.05) is 13.1 Å². The van der Waals surface area contributed by atoms with E-state index in [9.17, 15) is 0 Å². The van der Waals surface area contributed by atoms with Gasteiger partial charge in [0.2, 0.25) is 0 Å². The van der Waals surface area contributed by atoms with E-state index >= 15 is 0 Å². The third-order valence-electron chi connectivity index (χ3n) is 2.90. The van der Waals surface area contributed by atoms with Crippen LogP contribution in [0.4, 0.5) is 0 Å². The monoisotopic (exact) mass is 310 g/mol. The molecule has 3 rings (SSSR count). The summed E-state index contributed by atoms with van der Waals surface area (Å²) in [5, 5.41) is 3.39. The molecular formula is C13H15BrN2S. The van der Waals surface area contributed by atoms with Crippen LogP contribution in [0.1, 0.15) is 17.5 Å². The van der Waals surface area contributed by atoms with Crippen LogP contribution in [0, 0.1) is 6.92 Å². The molecule has 90 valence electrons. The zero-order valence-corrected chi connectivity index (χ0v) is 12.2. The van der Waals surface area contributed by atoms with Crippen molar-refractivity contribution < 1.29 is 0 Å². The number of fused-ring (bicyclic) bond motifs is 1. The summed E-state index contributed by atoms with van der Waals surface area (Å²) < 4.78 is 0. The fourth-order valence-corrected chi connectivity index (χ4v) is 3.07. The summed E-state index contributed by atoms with van der Waals surface area (Å²) in [6, 6.07) is 8.67. The van der Waals surface area contributed by atoms with Gasteiger partial charge >= 0.3 is 0 Å². The number of benzene rings is 1. The highest BCUT2D eigenvalue weighted by atomic mass is 79.9. The van der Waals surface area contributed by atoms with Crippen LogP contribution in [0.15, 0.2) is 34.7 Å². The average Bonchev–Trinajstić information content (AvgIpc) is 2.72. The lowest BCUT2D eigenvalue weighted by atomic mass is 10.1. The first-order valence-corrected chi connectivity index (χ1v) is 6.48. The lowest BCUT2D eigenvalue weighted by molar-refractivity contribution is 0.542. The molecule has 2 aliphatic rings. The maximum atomic E-state index is 4.54. The first-order chi connectivity index (χ1) is 7.84. The molecule has 0 fully saturated rings. The van der Waals surface area contributed by atoms with Crippen molar-refractivity contribution in [3.05, 3.63) is 40.8 Å². The van der Waals surface area contributed by atoms with Crippen LogP contribution in [0.3, 0.4) is 0 Å². The van der Waals surface area contributed by atoms with Gasteiger partial charge in [0.05, 0.1) is 5.70 Å². The minimum Gasteiger partial charge on any atom is -0.320 e. The van der Waals surface area contributed by atoms with E-state index in [4.69, 9.17) is 0 Å². The molecule has 0 atom stereocenters. The van der Waals surface area contributed by atoms with Crippen LogP contribution >= 0.6 is 28.7 Å². The molecule has 2 heterocycles. The lowest BCUT2D eigenvalue weighted by Crippen LogP contribution is -2.28. The summed E-state index contributed by atoms with van der Waals surface area (Å²) in [6.07, 6.45) is 1.16. The summed E-state index contributed by atoms with van der Waals surface area (Å²) in [6.45, 7) is 4.22. The molecular weight excluding hydrogens is 296 g/mol. The minimum absolute atomic E-state index is 0. The molecule has 0 saturated heterocycles. The highest BCUT2D eigenvalue weighted by molar-refractivity contribution is 8.93. The lowest BCUT2D eigenvalue weighted by Gasteiger charge is -2.25. The maximum Gasteiger partial charge on any atom is 0.168 e. The van der Waals surface area contributed by atoms with E-state index in [0.29, 0.717) is 0 Å². The molecule has 1 aromatic carbocycles. The Kier molecular flexibility index (Phi) is 3.94. The topological polar surface area (TPSA) is 15.6 Å². The number of thioether (sulfide) groups is 1. The van der Waals surface area contributed by atoms with Gasteiger partial charge in [-0.05, 0) is 25.0 Å². The van der Waals surface area contributed by atoms with Crippen LogP contribution in [-0.4, -0.2) is 23.2 Å².